The molecule has 2 heterocycles. The summed E-state index contributed by atoms with van der Waals surface area (Å²) in [5.74, 6) is 0.567. The number of nitrogens with zero attached hydrogens (tertiary/aromatic N) is 2. The van der Waals surface area contributed by atoms with Crippen LogP contribution in [0.15, 0.2) is 72.8 Å². The van der Waals surface area contributed by atoms with E-state index in [4.69, 9.17) is 21.1 Å². The number of hydrogen-bond donors (Lipinski definition) is 0. The molecule has 0 aliphatic carbocycles. The molecule has 0 bridgehead atoms. The molecule has 1 saturated heterocycles. The number of fused-ring (bicyclic) bond motifs is 1. The van der Waals surface area contributed by atoms with Crippen molar-refractivity contribution in [2.75, 3.05) is 23.0 Å². The first-order chi connectivity index (χ1) is 16.9. The molecule has 3 atom stereocenters. The van der Waals surface area contributed by atoms with Crippen molar-refractivity contribution in [2.45, 2.75) is 38.5 Å². The monoisotopic (exact) mass is 490 g/mol. The number of hydrogen-bond acceptors (Lipinski definition) is 4. The maximum atomic E-state index is 13.6. The van der Waals surface area contributed by atoms with E-state index in [0.29, 0.717) is 29.4 Å². The van der Waals surface area contributed by atoms with Gasteiger partial charge in [-0.1, -0.05) is 29.8 Å². The zero-order valence-electron chi connectivity index (χ0n) is 19.7. The van der Waals surface area contributed by atoms with E-state index in [1.54, 1.807) is 36.1 Å². The Kier molecular flexibility index (Phi) is 6.50. The molecule has 180 valence electrons. The molecule has 2 aliphatic rings. The lowest BCUT2D eigenvalue weighted by Crippen LogP contribution is -2.47. The minimum atomic E-state index is -0.204. The SMILES string of the molecule is CC(=O)N(c1ccc(Cl)cc1)C1CC(C)N(C(=O)c2ccc(OCC3CO3)cc2)c2ccccc21. The van der Waals surface area contributed by atoms with Gasteiger partial charge in [0, 0.05) is 34.9 Å². The first-order valence-corrected chi connectivity index (χ1v) is 12.1. The quantitative estimate of drug-likeness (QED) is 0.419. The van der Waals surface area contributed by atoms with Gasteiger partial charge in [-0.15, -0.1) is 0 Å². The van der Waals surface area contributed by atoms with Crippen LogP contribution in [0, 0.1) is 0 Å². The zero-order valence-corrected chi connectivity index (χ0v) is 20.4. The highest BCUT2D eigenvalue weighted by Crippen LogP contribution is 2.43. The Labute approximate surface area is 210 Å². The van der Waals surface area contributed by atoms with Crippen LogP contribution in [0.2, 0.25) is 5.02 Å². The number of epoxide rings is 1. The number of anilines is 2. The third-order valence-electron chi connectivity index (χ3n) is 6.47. The van der Waals surface area contributed by atoms with Crippen LogP contribution in [-0.2, 0) is 9.53 Å². The summed E-state index contributed by atoms with van der Waals surface area (Å²) in [4.78, 5) is 30.1. The highest BCUT2D eigenvalue weighted by molar-refractivity contribution is 6.30. The van der Waals surface area contributed by atoms with Crippen LogP contribution < -0.4 is 14.5 Å². The Morgan fingerprint density at radius 2 is 1.74 bits per heavy atom. The summed E-state index contributed by atoms with van der Waals surface area (Å²) in [7, 11) is 0. The minimum absolute atomic E-state index is 0.0636. The third-order valence-corrected chi connectivity index (χ3v) is 6.73. The van der Waals surface area contributed by atoms with Crippen molar-refractivity contribution in [3.05, 3.63) is 88.9 Å². The molecule has 7 heteroatoms. The standard InChI is InChI=1S/C28H27ClN2O4/c1-18-15-27(31(19(2)32)22-11-9-21(29)10-12-22)25-5-3-4-6-26(25)30(18)28(33)20-7-13-23(14-8-20)34-16-24-17-35-24/h3-14,18,24,27H,15-17H2,1-2H3. The first kappa shape index (κ1) is 23.4. The molecule has 0 spiro atoms. The van der Waals surface area contributed by atoms with E-state index in [2.05, 4.69) is 0 Å². The Bertz CT molecular complexity index is 1220. The van der Waals surface area contributed by atoms with Crippen LogP contribution in [0.25, 0.3) is 0 Å². The number of ether oxygens (including phenoxy) is 2. The second-order valence-corrected chi connectivity index (χ2v) is 9.43. The van der Waals surface area contributed by atoms with E-state index < -0.39 is 0 Å². The topological polar surface area (TPSA) is 62.4 Å². The van der Waals surface area contributed by atoms with Crippen LogP contribution in [0.3, 0.4) is 0 Å². The van der Waals surface area contributed by atoms with Crippen LogP contribution in [-0.4, -0.2) is 37.2 Å². The molecular formula is C28H27ClN2O4. The Hall–Kier alpha value is -3.35. The predicted octanol–water partition coefficient (Wildman–Crippen LogP) is 5.65. The van der Waals surface area contributed by atoms with Crippen LogP contribution >= 0.6 is 11.6 Å². The number of rotatable bonds is 6. The first-order valence-electron chi connectivity index (χ1n) is 11.7. The molecule has 3 aromatic carbocycles. The van der Waals surface area contributed by atoms with Gasteiger partial charge in [-0.05, 0) is 73.5 Å². The second-order valence-electron chi connectivity index (χ2n) is 8.99. The molecule has 0 aromatic heterocycles. The van der Waals surface area contributed by atoms with Crippen molar-refractivity contribution in [3.63, 3.8) is 0 Å². The van der Waals surface area contributed by atoms with Gasteiger partial charge in [0.1, 0.15) is 18.5 Å². The summed E-state index contributed by atoms with van der Waals surface area (Å²) in [6.07, 6.45) is 0.783. The van der Waals surface area contributed by atoms with E-state index in [9.17, 15) is 9.59 Å². The molecule has 35 heavy (non-hydrogen) atoms. The van der Waals surface area contributed by atoms with Gasteiger partial charge in [0.05, 0.1) is 12.6 Å². The van der Waals surface area contributed by atoms with Gasteiger partial charge in [-0.3, -0.25) is 9.59 Å². The van der Waals surface area contributed by atoms with Crippen molar-refractivity contribution >= 4 is 34.8 Å². The van der Waals surface area contributed by atoms with Crippen molar-refractivity contribution < 1.29 is 19.1 Å². The van der Waals surface area contributed by atoms with Crippen LogP contribution in [0.4, 0.5) is 11.4 Å². The zero-order chi connectivity index (χ0) is 24.5. The van der Waals surface area contributed by atoms with E-state index in [1.165, 1.54) is 0 Å². The van der Waals surface area contributed by atoms with E-state index in [0.717, 1.165) is 23.5 Å². The second kappa shape index (κ2) is 9.72. The molecular weight excluding hydrogens is 464 g/mol. The van der Waals surface area contributed by atoms with Crippen molar-refractivity contribution in [1.29, 1.82) is 0 Å². The fourth-order valence-electron chi connectivity index (χ4n) is 4.70. The number of para-hydroxylation sites is 1. The Balaban J connectivity index is 1.44. The van der Waals surface area contributed by atoms with Crippen molar-refractivity contribution in [2.24, 2.45) is 0 Å². The number of halogens is 1. The summed E-state index contributed by atoms with van der Waals surface area (Å²) < 4.78 is 10.9. The van der Waals surface area contributed by atoms with Gasteiger partial charge in [0.15, 0.2) is 0 Å². The van der Waals surface area contributed by atoms with E-state index >= 15 is 0 Å². The molecule has 6 nitrogen and oxygen atoms in total. The van der Waals surface area contributed by atoms with Crippen molar-refractivity contribution in [1.82, 2.24) is 0 Å². The number of carbonyl (C=O) groups is 2. The van der Waals surface area contributed by atoms with Crippen molar-refractivity contribution in [3.8, 4) is 5.75 Å². The molecule has 5 rings (SSSR count). The molecule has 0 radical (unpaired) electrons. The highest BCUT2D eigenvalue weighted by atomic mass is 35.5. The van der Waals surface area contributed by atoms with Gasteiger partial charge in [-0.2, -0.15) is 0 Å². The van der Waals surface area contributed by atoms with Gasteiger partial charge in [-0.25, -0.2) is 0 Å². The normalized spacial score (nSPS) is 20.7. The largest absolute Gasteiger partial charge is 0.491 e. The number of carbonyl (C=O) groups excluding carboxylic acids is 2. The molecule has 2 aliphatic heterocycles. The van der Waals surface area contributed by atoms with Gasteiger partial charge in [0.2, 0.25) is 5.91 Å². The van der Waals surface area contributed by atoms with Gasteiger partial charge in [0.25, 0.3) is 5.91 Å². The summed E-state index contributed by atoms with van der Waals surface area (Å²) in [6, 6.07) is 22.0. The average molecular weight is 491 g/mol. The lowest BCUT2D eigenvalue weighted by Gasteiger charge is -2.43. The lowest BCUT2D eigenvalue weighted by atomic mass is 9.89. The van der Waals surface area contributed by atoms with Crippen LogP contribution in [0.5, 0.6) is 5.75 Å². The van der Waals surface area contributed by atoms with Gasteiger partial charge >= 0.3 is 0 Å². The smallest absolute Gasteiger partial charge is 0.258 e. The molecule has 3 aromatic rings. The lowest BCUT2D eigenvalue weighted by molar-refractivity contribution is -0.117. The maximum absolute atomic E-state index is 13.6. The van der Waals surface area contributed by atoms with E-state index in [-0.39, 0.29) is 30.0 Å². The summed E-state index contributed by atoms with van der Waals surface area (Å²) >= 11 is 6.08. The summed E-state index contributed by atoms with van der Waals surface area (Å²) in [5, 5.41) is 0.615. The fraction of sp³-hybridized carbons (Fsp3) is 0.286. The maximum Gasteiger partial charge on any atom is 0.258 e. The Morgan fingerprint density at radius 3 is 2.40 bits per heavy atom. The molecule has 2 amide bonds. The predicted molar refractivity (Wildman–Crippen MR) is 136 cm³/mol. The fourth-order valence-corrected chi connectivity index (χ4v) is 4.83. The number of amides is 2. The Morgan fingerprint density at radius 1 is 1.06 bits per heavy atom. The third kappa shape index (κ3) is 4.90. The summed E-state index contributed by atoms with van der Waals surface area (Å²) in [5.41, 5.74) is 3.11. The van der Waals surface area contributed by atoms with E-state index in [1.807, 2.05) is 60.4 Å². The molecule has 0 saturated carbocycles. The van der Waals surface area contributed by atoms with Crippen LogP contribution in [0.1, 0.15) is 42.2 Å². The highest BCUT2D eigenvalue weighted by Gasteiger charge is 2.38. The average Bonchev–Trinajstić information content (AvgIpc) is 3.69. The number of benzene rings is 3. The molecule has 1 fully saturated rings. The molecule has 3 unspecified atom stereocenters. The van der Waals surface area contributed by atoms with Gasteiger partial charge < -0.3 is 19.3 Å². The summed E-state index contributed by atoms with van der Waals surface area (Å²) in [6.45, 7) is 4.85. The molecule has 0 N–H and O–H groups in total. The minimum Gasteiger partial charge on any atom is -0.491 e.